The number of H-pyrrole nitrogens is 1. The fraction of sp³-hybridized carbons (Fsp3) is 0.184. The number of aryl methyl sites for hydroxylation is 3. The number of rotatable bonds is 11. The minimum absolute atomic E-state index is 0.0351. The smallest absolute Gasteiger partial charge is 0.204 e. The molecule has 0 aliphatic rings. The van der Waals surface area contributed by atoms with Crippen molar-refractivity contribution in [1.29, 1.82) is 0 Å². The number of hydrogen-bond acceptors (Lipinski definition) is 6. The Hall–Kier alpha value is -5.43. The van der Waals surface area contributed by atoms with Crippen LogP contribution in [-0.4, -0.2) is 28.9 Å². The summed E-state index contributed by atoms with van der Waals surface area (Å²) in [7, 11) is 1.45. The summed E-state index contributed by atoms with van der Waals surface area (Å²) in [6.45, 7) is 2.44. The molecule has 2 heterocycles. The van der Waals surface area contributed by atoms with Crippen LogP contribution in [0.3, 0.4) is 0 Å². The number of benzene rings is 4. The number of methoxy groups -OCH3 is 1. The van der Waals surface area contributed by atoms with Crippen molar-refractivity contribution in [3.05, 3.63) is 130 Å². The molecule has 4 aromatic carbocycles. The van der Waals surface area contributed by atoms with Gasteiger partial charge in [0.2, 0.25) is 5.75 Å². The van der Waals surface area contributed by atoms with Crippen molar-refractivity contribution in [2.45, 2.75) is 32.6 Å². The highest BCUT2D eigenvalue weighted by Gasteiger charge is 2.26. The first-order valence-electron chi connectivity index (χ1n) is 15.1. The molecule has 0 fully saturated rings. The van der Waals surface area contributed by atoms with Crippen molar-refractivity contribution in [3.63, 3.8) is 0 Å². The van der Waals surface area contributed by atoms with E-state index >= 15 is 0 Å². The largest absolute Gasteiger partial charge is 0.508 e. The number of phenols is 2. The predicted molar refractivity (Wildman–Crippen MR) is 176 cm³/mol. The van der Waals surface area contributed by atoms with Crippen LogP contribution in [0.4, 0.5) is 0 Å². The van der Waals surface area contributed by atoms with Gasteiger partial charge in [-0.1, -0.05) is 61.5 Å². The van der Waals surface area contributed by atoms with Gasteiger partial charge in [-0.3, -0.25) is 4.79 Å². The third-order valence-corrected chi connectivity index (χ3v) is 8.04. The molecule has 228 valence electrons. The quantitative estimate of drug-likeness (QED) is 0.140. The number of phenolic OH excluding ortho intramolecular Hbond substituents is 2. The van der Waals surface area contributed by atoms with E-state index in [0.717, 1.165) is 28.7 Å². The zero-order valence-electron chi connectivity index (χ0n) is 25.3. The zero-order chi connectivity index (χ0) is 31.3. The van der Waals surface area contributed by atoms with Crippen LogP contribution in [0.1, 0.15) is 29.3 Å². The molecule has 0 atom stereocenters. The van der Waals surface area contributed by atoms with Crippen molar-refractivity contribution < 1.29 is 24.1 Å². The molecule has 0 amide bonds. The fourth-order valence-corrected chi connectivity index (χ4v) is 5.63. The average molecular weight is 602 g/mol. The number of aromatic amines is 1. The lowest BCUT2D eigenvalue weighted by atomic mass is 9.97. The van der Waals surface area contributed by atoms with Gasteiger partial charge in [-0.15, -0.1) is 0 Å². The number of ether oxygens (including phenoxy) is 2. The molecule has 0 spiro atoms. The Kier molecular flexibility index (Phi) is 8.60. The molecule has 0 saturated heterocycles. The van der Waals surface area contributed by atoms with E-state index in [-0.39, 0.29) is 28.2 Å². The van der Waals surface area contributed by atoms with Gasteiger partial charge in [0, 0.05) is 35.5 Å². The molecule has 0 aliphatic heterocycles. The van der Waals surface area contributed by atoms with Gasteiger partial charge in [-0.2, -0.15) is 0 Å². The molecular formula is C38H35NO6. The van der Waals surface area contributed by atoms with Crippen LogP contribution in [0.2, 0.25) is 0 Å². The van der Waals surface area contributed by atoms with Gasteiger partial charge >= 0.3 is 0 Å². The molecule has 2 aromatic heterocycles. The molecule has 0 radical (unpaired) electrons. The Bertz CT molecular complexity index is 1990. The molecule has 45 heavy (non-hydrogen) atoms. The third kappa shape index (κ3) is 6.29. The SMILES string of the molecule is CCc1cc(-c2cccc(CCc3c(OCCc4ccccc4)c(OC)c(O)c4c(=O)cc(-c5ccc(O)cc5)oc34)c2)c[nH]1. The summed E-state index contributed by atoms with van der Waals surface area (Å²) in [6.07, 6.45) is 4.66. The molecule has 0 saturated carbocycles. The molecule has 0 unspecified atom stereocenters. The average Bonchev–Trinajstić information content (AvgIpc) is 3.55. The maximum atomic E-state index is 13.5. The van der Waals surface area contributed by atoms with Crippen molar-refractivity contribution in [2.75, 3.05) is 13.7 Å². The van der Waals surface area contributed by atoms with Crippen molar-refractivity contribution in [1.82, 2.24) is 4.98 Å². The maximum Gasteiger partial charge on any atom is 0.204 e. The summed E-state index contributed by atoms with van der Waals surface area (Å²) < 4.78 is 18.4. The minimum atomic E-state index is -0.409. The number of aromatic hydroxyl groups is 2. The molecule has 7 nitrogen and oxygen atoms in total. The van der Waals surface area contributed by atoms with Crippen LogP contribution < -0.4 is 14.9 Å². The topological polar surface area (TPSA) is 105 Å². The third-order valence-electron chi connectivity index (χ3n) is 8.04. The summed E-state index contributed by atoms with van der Waals surface area (Å²) in [5.74, 6) is 0.543. The van der Waals surface area contributed by atoms with Crippen molar-refractivity contribution in [3.8, 4) is 45.4 Å². The van der Waals surface area contributed by atoms with E-state index in [9.17, 15) is 15.0 Å². The van der Waals surface area contributed by atoms with Crippen LogP contribution in [-0.2, 0) is 25.7 Å². The molecule has 6 rings (SSSR count). The van der Waals surface area contributed by atoms with Gasteiger partial charge in [-0.05, 0) is 71.8 Å². The van der Waals surface area contributed by atoms with E-state index in [4.69, 9.17) is 13.9 Å². The van der Waals surface area contributed by atoms with Gasteiger partial charge in [0.25, 0.3) is 0 Å². The second-order valence-corrected chi connectivity index (χ2v) is 11.0. The number of fused-ring (bicyclic) bond motifs is 1. The van der Waals surface area contributed by atoms with Crippen LogP contribution in [0.15, 0.2) is 106 Å². The van der Waals surface area contributed by atoms with Crippen molar-refractivity contribution >= 4 is 11.0 Å². The van der Waals surface area contributed by atoms with E-state index in [2.05, 4.69) is 36.2 Å². The lowest BCUT2D eigenvalue weighted by Gasteiger charge is -2.19. The molecule has 7 heteroatoms. The summed E-state index contributed by atoms with van der Waals surface area (Å²) >= 11 is 0. The standard InChI is InChI=1S/C38H35NO6/c1-3-29-21-28(23-39-29)27-11-7-10-25(20-27)12-17-31-36-34(32(41)22-33(45-36)26-13-15-30(40)16-14-26)35(42)38(43-2)37(31)44-19-18-24-8-5-4-6-9-24/h4-11,13-16,20-23,39-40,42H,3,12,17-19H2,1-2H3. The lowest BCUT2D eigenvalue weighted by molar-refractivity contribution is 0.287. The van der Waals surface area contributed by atoms with Gasteiger partial charge in [0.15, 0.2) is 16.9 Å². The first-order valence-corrected chi connectivity index (χ1v) is 15.1. The number of nitrogens with one attached hydrogen (secondary N) is 1. The monoisotopic (exact) mass is 601 g/mol. The zero-order valence-corrected chi connectivity index (χ0v) is 25.3. The maximum absolute atomic E-state index is 13.5. The summed E-state index contributed by atoms with van der Waals surface area (Å²) in [5, 5.41) is 21.1. The summed E-state index contributed by atoms with van der Waals surface area (Å²) in [5.41, 5.74) is 6.69. The normalized spacial score (nSPS) is 11.2. The van der Waals surface area contributed by atoms with Gasteiger partial charge in [-0.25, -0.2) is 0 Å². The van der Waals surface area contributed by atoms with Gasteiger partial charge < -0.3 is 29.1 Å². The highest BCUT2D eigenvalue weighted by molar-refractivity contribution is 5.93. The second-order valence-electron chi connectivity index (χ2n) is 11.0. The second kappa shape index (κ2) is 13.1. The predicted octanol–water partition coefficient (Wildman–Crippen LogP) is 7.84. The Morgan fingerprint density at radius 1 is 0.778 bits per heavy atom. The lowest BCUT2D eigenvalue weighted by Crippen LogP contribution is -2.10. The van der Waals surface area contributed by atoms with Gasteiger partial charge in [0.1, 0.15) is 22.5 Å². The highest BCUT2D eigenvalue weighted by Crippen LogP contribution is 2.46. The fourth-order valence-electron chi connectivity index (χ4n) is 5.63. The molecule has 0 aliphatic carbocycles. The van der Waals surface area contributed by atoms with E-state index in [1.54, 1.807) is 12.1 Å². The highest BCUT2D eigenvalue weighted by atomic mass is 16.5. The van der Waals surface area contributed by atoms with E-state index < -0.39 is 5.43 Å². The Labute approximate surface area is 261 Å². The summed E-state index contributed by atoms with van der Waals surface area (Å²) in [6, 6.07) is 28.3. The first-order chi connectivity index (χ1) is 21.9. The summed E-state index contributed by atoms with van der Waals surface area (Å²) in [4.78, 5) is 16.9. The van der Waals surface area contributed by atoms with Crippen LogP contribution >= 0.6 is 0 Å². The Morgan fingerprint density at radius 2 is 1.56 bits per heavy atom. The van der Waals surface area contributed by atoms with E-state index in [1.165, 1.54) is 31.0 Å². The molecule has 6 aromatic rings. The van der Waals surface area contributed by atoms with Gasteiger partial charge in [0.05, 0.1) is 13.7 Å². The van der Waals surface area contributed by atoms with E-state index in [1.807, 2.05) is 42.6 Å². The van der Waals surface area contributed by atoms with E-state index in [0.29, 0.717) is 48.5 Å². The number of aromatic nitrogens is 1. The first kappa shape index (κ1) is 29.6. The van der Waals surface area contributed by atoms with Crippen molar-refractivity contribution in [2.24, 2.45) is 0 Å². The molecule has 3 N–H and O–H groups in total. The minimum Gasteiger partial charge on any atom is -0.508 e. The number of hydrogen-bond donors (Lipinski definition) is 3. The van der Waals surface area contributed by atoms with Crippen LogP contribution in [0, 0.1) is 0 Å². The van der Waals surface area contributed by atoms with Crippen LogP contribution in [0.5, 0.6) is 23.0 Å². The molecular weight excluding hydrogens is 566 g/mol. The molecule has 0 bridgehead atoms. The Morgan fingerprint density at radius 3 is 2.29 bits per heavy atom. The Balaban J connectivity index is 1.44. The van der Waals surface area contributed by atoms with Crippen LogP contribution in [0.25, 0.3) is 33.4 Å².